The van der Waals surface area contributed by atoms with Gasteiger partial charge in [-0.2, -0.15) is 13.2 Å². The Balaban J connectivity index is 2.11. The molecular formula is C14H16ClF4N. The van der Waals surface area contributed by atoms with Crippen molar-refractivity contribution in [2.24, 2.45) is 5.92 Å². The number of halogens is 5. The first-order chi connectivity index (χ1) is 9.29. The second-order valence-electron chi connectivity index (χ2n) is 5.17. The molecule has 1 atom stereocenters. The lowest BCUT2D eigenvalue weighted by atomic mass is 9.93. The minimum absolute atomic E-state index is 0.0644. The Bertz CT molecular complexity index is 465. The molecule has 112 valence electrons. The zero-order valence-corrected chi connectivity index (χ0v) is 11.8. The molecule has 6 heteroatoms. The molecule has 1 aliphatic heterocycles. The quantitative estimate of drug-likeness (QED) is 0.566. The lowest BCUT2D eigenvalue weighted by Crippen LogP contribution is -2.36. The second kappa shape index (κ2) is 5.80. The summed E-state index contributed by atoms with van der Waals surface area (Å²) in [5.41, 5.74) is -0.721. The number of nitrogens with zero attached hydrogens (tertiary/aromatic N) is 1. The second-order valence-corrected chi connectivity index (χ2v) is 5.85. The van der Waals surface area contributed by atoms with Gasteiger partial charge in [0.25, 0.3) is 0 Å². The third kappa shape index (κ3) is 3.37. The first-order valence-corrected chi connectivity index (χ1v) is 6.98. The van der Waals surface area contributed by atoms with Gasteiger partial charge < -0.3 is 4.90 Å². The molecule has 0 spiro atoms. The molecule has 0 bridgehead atoms. The highest BCUT2D eigenvalue weighted by Gasteiger charge is 2.32. The van der Waals surface area contributed by atoms with Crippen molar-refractivity contribution in [3.05, 3.63) is 29.6 Å². The van der Waals surface area contributed by atoms with Gasteiger partial charge in [-0.25, -0.2) is 4.39 Å². The number of benzene rings is 1. The summed E-state index contributed by atoms with van der Waals surface area (Å²) in [4.78, 5) is 1.78. The van der Waals surface area contributed by atoms with Crippen LogP contribution >= 0.6 is 11.6 Å². The average molecular weight is 310 g/mol. The van der Waals surface area contributed by atoms with Crippen LogP contribution in [0.2, 0.25) is 0 Å². The molecule has 1 saturated heterocycles. The van der Waals surface area contributed by atoms with E-state index in [0.29, 0.717) is 25.1 Å². The van der Waals surface area contributed by atoms with Gasteiger partial charge in [0, 0.05) is 18.5 Å². The molecule has 1 aromatic carbocycles. The fourth-order valence-corrected chi connectivity index (χ4v) is 2.79. The molecule has 1 heterocycles. The van der Waals surface area contributed by atoms with Gasteiger partial charge in [-0.3, -0.25) is 0 Å². The summed E-state index contributed by atoms with van der Waals surface area (Å²) in [6.07, 6.45) is -2.86. The van der Waals surface area contributed by atoms with Crippen LogP contribution < -0.4 is 4.90 Å². The van der Waals surface area contributed by atoms with Crippen molar-refractivity contribution in [1.29, 1.82) is 0 Å². The predicted molar refractivity (Wildman–Crippen MR) is 71.7 cm³/mol. The van der Waals surface area contributed by atoms with E-state index >= 15 is 0 Å². The van der Waals surface area contributed by atoms with E-state index in [9.17, 15) is 17.6 Å². The van der Waals surface area contributed by atoms with Gasteiger partial charge in [-0.1, -0.05) is 0 Å². The summed E-state index contributed by atoms with van der Waals surface area (Å²) >= 11 is 6.03. The van der Waals surface area contributed by atoms with E-state index in [1.54, 1.807) is 4.90 Å². The number of hydrogen-bond donors (Lipinski definition) is 0. The smallest absolute Gasteiger partial charge is 0.369 e. The van der Waals surface area contributed by atoms with Crippen LogP contribution in [0.15, 0.2) is 18.2 Å². The molecule has 2 rings (SSSR count). The normalized spacial score (nSPS) is 19.2. The van der Waals surface area contributed by atoms with Crippen LogP contribution in [0.3, 0.4) is 0 Å². The van der Waals surface area contributed by atoms with Gasteiger partial charge in [0.05, 0.1) is 11.3 Å². The highest BCUT2D eigenvalue weighted by atomic mass is 35.5. The molecule has 0 saturated carbocycles. The average Bonchev–Trinajstić information content (AvgIpc) is 2.37. The van der Waals surface area contributed by atoms with Crippen molar-refractivity contribution in [2.75, 3.05) is 18.0 Å². The minimum atomic E-state index is -4.51. The molecule has 1 nitrogen and oxygen atoms in total. The van der Waals surface area contributed by atoms with Gasteiger partial charge in [-0.15, -0.1) is 11.6 Å². The molecule has 1 unspecified atom stereocenters. The first kappa shape index (κ1) is 15.4. The molecule has 0 aromatic heterocycles. The summed E-state index contributed by atoms with van der Waals surface area (Å²) in [7, 11) is 0. The number of rotatable bonds is 2. The summed E-state index contributed by atoms with van der Waals surface area (Å²) in [6, 6.07) is 2.70. The van der Waals surface area contributed by atoms with E-state index in [1.807, 2.05) is 6.92 Å². The largest absolute Gasteiger partial charge is 0.416 e. The van der Waals surface area contributed by atoms with Crippen LogP contribution in [-0.4, -0.2) is 18.5 Å². The standard InChI is InChI=1S/C14H16ClF4N/c1-9(15)10-4-6-20(7-5-10)13-3-2-11(8-12(13)16)14(17,18)19/h2-3,8-10H,4-7H2,1H3. The molecule has 1 fully saturated rings. The zero-order valence-electron chi connectivity index (χ0n) is 11.1. The third-order valence-electron chi connectivity index (χ3n) is 3.80. The zero-order chi connectivity index (χ0) is 14.9. The van der Waals surface area contributed by atoms with E-state index < -0.39 is 17.6 Å². The molecule has 0 aliphatic carbocycles. The first-order valence-electron chi connectivity index (χ1n) is 6.55. The Morgan fingerprint density at radius 3 is 2.30 bits per heavy atom. The minimum Gasteiger partial charge on any atom is -0.369 e. The molecule has 1 aromatic rings. The molecule has 20 heavy (non-hydrogen) atoms. The number of piperidine rings is 1. The number of anilines is 1. The Morgan fingerprint density at radius 2 is 1.85 bits per heavy atom. The van der Waals surface area contributed by atoms with E-state index in [1.165, 1.54) is 6.07 Å². The van der Waals surface area contributed by atoms with Crippen LogP contribution in [0.1, 0.15) is 25.3 Å². The topological polar surface area (TPSA) is 3.24 Å². The molecule has 0 N–H and O–H groups in total. The van der Waals surface area contributed by atoms with Crippen LogP contribution in [0, 0.1) is 11.7 Å². The van der Waals surface area contributed by atoms with Gasteiger partial charge in [0.2, 0.25) is 0 Å². The summed E-state index contributed by atoms with van der Waals surface area (Å²) in [6.45, 7) is 3.16. The molecule has 0 amide bonds. The van der Waals surface area contributed by atoms with Crippen molar-refractivity contribution in [2.45, 2.75) is 31.3 Å². The fraction of sp³-hybridized carbons (Fsp3) is 0.571. The predicted octanol–water partition coefficient (Wildman–Crippen LogP) is 4.69. The van der Waals surface area contributed by atoms with E-state index in [0.717, 1.165) is 18.9 Å². The van der Waals surface area contributed by atoms with Crippen LogP contribution in [0.25, 0.3) is 0 Å². The van der Waals surface area contributed by atoms with Crippen molar-refractivity contribution >= 4 is 17.3 Å². The van der Waals surface area contributed by atoms with Crippen molar-refractivity contribution < 1.29 is 17.6 Å². The number of hydrogen-bond acceptors (Lipinski definition) is 1. The summed E-state index contributed by atoms with van der Waals surface area (Å²) < 4.78 is 51.3. The SMILES string of the molecule is CC(Cl)C1CCN(c2ccc(C(F)(F)F)cc2F)CC1. The van der Waals surface area contributed by atoms with Gasteiger partial charge >= 0.3 is 6.18 Å². The highest BCUT2D eigenvalue weighted by Crippen LogP contribution is 2.34. The van der Waals surface area contributed by atoms with Crippen LogP contribution in [0.5, 0.6) is 0 Å². The monoisotopic (exact) mass is 309 g/mol. The molecular weight excluding hydrogens is 294 g/mol. The van der Waals surface area contributed by atoms with Crippen LogP contribution in [-0.2, 0) is 6.18 Å². The van der Waals surface area contributed by atoms with E-state index in [4.69, 9.17) is 11.6 Å². The lowest BCUT2D eigenvalue weighted by molar-refractivity contribution is -0.137. The maximum absolute atomic E-state index is 13.9. The van der Waals surface area contributed by atoms with Gasteiger partial charge in [0.15, 0.2) is 0 Å². The summed E-state index contributed by atoms with van der Waals surface area (Å²) in [5.74, 6) is -0.442. The molecule has 1 aliphatic rings. The summed E-state index contributed by atoms with van der Waals surface area (Å²) in [5, 5.41) is 0.0644. The van der Waals surface area contributed by atoms with E-state index in [-0.39, 0.29) is 11.1 Å². The van der Waals surface area contributed by atoms with Crippen LogP contribution in [0.4, 0.5) is 23.2 Å². The van der Waals surface area contributed by atoms with Crippen molar-refractivity contribution in [3.8, 4) is 0 Å². The lowest BCUT2D eigenvalue weighted by Gasteiger charge is -2.34. The van der Waals surface area contributed by atoms with Gasteiger partial charge in [-0.05, 0) is 43.9 Å². The Morgan fingerprint density at radius 1 is 1.25 bits per heavy atom. The van der Waals surface area contributed by atoms with Crippen molar-refractivity contribution in [1.82, 2.24) is 0 Å². The fourth-order valence-electron chi connectivity index (χ4n) is 2.54. The third-order valence-corrected chi connectivity index (χ3v) is 4.16. The number of alkyl halides is 4. The Hall–Kier alpha value is -0.970. The highest BCUT2D eigenvalue weighted by molar-refractivity contribution is 6.20. The molecule has 0 radical (unpaired) electrons. The maximum Gasteiger partial charge on any atom is 0.416 e. The van der Waals surface area contributed by atoms with Gasteiger partial charge in [0.1, 0.15) is 5.82 Å². The van der Waals surface area contributed by atoms with Crippen molar-refractivity contribution in [3.63, 3.8) is 0 Å². The Labute approximate surface area is 120 Å². The Kier molecular flexibility index (Phi) is 4.47. The van der Waals surface area contributed by atoms with E-state index in [2.05, 4.69) is 0 Å². The maximum atomic E-state index is 13.9.